The van der Waals surface area contributed by atoms with Gasteiger partial charge >= 0.3 is 0 Å². The summed E-state index contributed by atoms with van der Waals surface area (Å²) in [7, 11) is 0. The molecule has 9 heteroatoms. The van der Waals surface area contributed by atoms with Crippen LogP contribution in [0.2, 0.25) is 0 Å². The molecule has 2 fully saturated rings. The van der Waals surface area contributed by atoms with E-state index in [9.17, 15) is 9.59 Å². The Hall–Kier alpha value is -3.01. The van der Waals surface area contributed by atoms with Crippen LogP contribution in [0.4, 0.5) is 0 Å². The second-order valence-electron chi connectivity index (χ2n) is 11.4. The summed E-state index contributed by atoms with van der Waals surface area (Å²) >= 11 is 1.75. The van der Waals surface area contributed by atoms with Crippen LogP contribution in [0.25, 0.3) is 0 Å². The van der Waals surface area contributed by atoms with E-state index in [1.165, 1.54) is 16.9 Å². The van der Waals surface area contributed by atoms with Gasteiger partial charge in [0.05, 0.1) is 0 Å². The topological polar surface area (TPSA) is 105 Å². The first-order chi connectivity index (χ1) is 19.5. The van der Waals surface area contributed by atoms with Crippen molar-refractivity contribution < 1.29 is 14.1 Å². The summed E-state index contributed by atoms with van der Waals surface area (Å²) in [6.07, 6.45) is 5.84. The molecule has 0 spiro atoms. The molecule has 0 bridgehead atoms. The monoisotopic (exact) mass is 563 g/mol. The maximum atomic E-state index is 13.8. The van der Waals surface area contributed by atoms with E-state index >= 15 is 0 Å². The normalized spacial score (nSPS) is 23.3. The van der Waals surface area contributed by atoms with Crippen LogP contribution in [0.5, 0.6) is 0 Å². The summed E-state index contributed by atoms with van der Waals surface area (Å²) in [5, 5.41) is 9.30. The van der Waals surface area contributed by atoms with Crippen LogP contribution >= 0.6 is 11.3 Å². The van der Waals surface area contributed by atoms with Crippen molar-refractivity contribution >= 4 is 23.2 Å². The molecular formula is C31H41N5O3S. The van der Waals surface area contributed by atoms with Gasteiger partial charge in [-0.05, 0) is 74.4 Å². The van der Waals surface area contributed by atoms with E-state index < -0.39 is 6.04 Å². The van der Waals surface area contributed by atoms with Crippen LogP contribution in [-0.4, -0.2) is 58.5 Å². The van der Waals surface area contributed by atoms with Gasteiger partial charge in [0, 0.05) is 43.2 Å². The van der Waals surface area contributed by atoms with Gasteiger partial charge in [-0.25, -0.2) is 0 Å². The van der Waals surface area contributed by atoms with E-state index in [1.54, 1.807) is 29.2 Å². The van der Waals surface area contributed by atoms with Crippen LogP contribution < -0.4 is 11.1 Å². The predicted octanol–water partition coefficient (Wildman–Crippen LogP) is 4.60. The number of piperidine rings is 1. The van der Waals surface area contributed by atoms with Gasteiger partial charge in [-0.1, -0.05) is 48.0 Å². The van der Waals surface area contributed by atoms with E-state index in [0.29, 0.717) is 43.7 Å². The molecule has 2 amide bonds. The molecule has 214 valence electrons. The van der Waals surface area contributed by atoms with E-state index in [4.69, 9.17) is 10.3 Å². The molecule has 1 saturated heterocycles. The molecule has 1 aromatic carbocycles. The molecule has 4 atom stereocenters. The van der Waals surface area contributed by atoms with Crippen molar-refractivity contribution in [3.63, 3.8) is 0 Å². The van der Waals surface area contributed by atoms with Crippen molar-refractivity contribution in [2.75, 3.05) is 19.6 Å². The van der Waals surface area contributed by atoms with Gasteiger partial charge in [-0.3, -0.25) is 14.5 Å². The van der Waals surface area contributed by atoms with Gasteiger partial charge in [0.15, 0.2) is 5.69 Å². The Labute approximate surface area is 240 Å². The van der Waals surface area contributed by atoms with Crippen molar-refractivity contribution in [3.05, 3.63) is 75.8 Å². The van der Waals surface area contributed by atoms with E-state index in [-0.39, 0.29) is 23.6 Å². The number of benzene rings is 1. The third kappa shape index (κ3) is 7.19. The molecule has 1 aliphatic carbocycles. The second-order valence-corrected chi connectivity index (χ2v) is 12.4. The van der Waals surface area contributed by atoms with E-state index in [0.717, 1.165) is 38.8 Å². The second kappa shape index (κ2) is 13.6. The Morgan fingerprint density at radius 3 is 2.65 bits per heavy atom. The highest BCUT2D eigenvalue weighted by atomic mass is 32.1. The molecule has 2 aliphatic rings. The van der Waals surface area contributed by atoms with Crippen LogP contribution in [0, 0.1) is 18.8 Å². The lowest BCUT2D eigenvalue weighted by Gasteiger charge is -2.42. The molecule has 3 heterocycles. The number of hydrogen-bond acceptors (Lipinski definition) is 7. The number of hydrogen-bond donors (Lipinski definition) is 2. The minimum Gasteiger partial charge on any atom is -0.361 e. The maximum absolute atomic E-state index is 13.8. The average molecular weight is 564 g/mol. The zero-order valence-electron chi connectivity index (χ0n) is 23.3. The molecule has 3 N–H and O–H groups in total. The summed E-state index contributed by atoms with van der Waals surface area (Å²) in [6, 6.07) is 15.9. The lowest BCUT2D eigenvalue weighted by molar-refractivity contribution is -0.128. The van der Waals surface area contributed by atoms with Gasteiger partial charge in [-0.2, -0.15) is 0 Å². The molecule has 5 rings (SSSR count). The molecule has 1 saturated carbocycles. The van der Waals surface area contributed by atoms with Gasteiger partial charge in [-0.15, -0.1) is 11.3 Å². The van der Waals surface area contributed by atoms with Crippen molar-refractivity contribution in [3.8, 4) is 0 Å². The summed E-state index contributed by atoms with van der Waals surface area (Å²) in [6.45, 7) is 5.19. The first-order valence-corrected chi connectivity index (χ1v) is 15.4. The van der Waals surface area contributed by atoms with Crippen molar-refractivity contribution in [1.29, 1.82) is 0 Å². The first-order valence-electron chi connectivity index (χ1n) is 14.5. The number of nitrogens with two attached hydrogens (primary N) is 1. The Kier molecular flexibility index (Phi) is 9.67. The quantitative estimate of drug-likeness (QED) is 0.374. The molecule has 2 aromatic heterocycles. The minimum absolute atomic E-state index is 0.0797. The van der Waals surface area contributed by atoms with Gasteiger partial charge in [0.25, 0.3) is 5.91 Å². The van der Waals surface area contributed by atoms with Gasteiger partial charge in [0.1, 0.15) is 11.8 Å². The van der Waals surface area contributed by atoms with Crippen molar-refractivity contribution in [2.24, 2.45) is 17.6 Å². The highest BCUT2D eigenvalue weighted by Crippen LogP contribution is 2.30. The molecular weight excluding hydrogens is 522 g/mol. The van der Waals surface area contributed by atoms with E-state index in [1.807, 2.05) is 6.07 Å². The number of amides is 2. The number of aryl methyl sites for hydroxylation is 1. The Morgan fingerprint density at radius 2 is 1.93 bits per heavy atom. The van der Waals surface area contributed by atoms with E-state index in [2.05, 4.69) is 57.2 Å². The minimum atomic E-state index is -0.571. The van der Waals surface area contributed by atoms with Crippen LogP contribution in [-0.2, 0) is 17.9 Å². The number of carbonyl (C=O) groups excluding carboxylic acids is 2. The average Bonchev–Trinajstić information content (AvgIpc) is 3.67. The highest BCUT2D eigenvalue weighted by molar-refractivity contribution is 7.09. The zero-order chi connectivity index (χ0) is 27.9. The lowest BCUT2D eigenvalue weighted by atomic mass is 9.81. The van der Waals surface area contributed by atoms with Crippen LogP contribution in [0.15, 0.2) is 58.4 Å². The number of carbonyl (C=O) groups is 2. The third-order valence-electron chi connectivity index (χ3n) is 8.46. The molecule has 40 heavy (non-hydrogen) atoms. The number of likely N-dealkylation sites (tertiary alicyclic amines) is 1. The van der Waals surface area contributed by atoms with Crippen LogP contribution in [0.3, 0.4) is 0 Å². The predicted molar refractivity (Wildman–Crippen MR) is 157 cm³/mol. The Morgan fingerprint density at radius 1 is 1.10 bits per heavy atom. The largest absolute Gasteiger partial charge is 0.361 e. The summed E-state index contributed by atoms with van der Waals surface area (Å²) < 4.78 is 5.19. The molecule has 3 aromatic rings. The summed E-state index contributed by atoms with van der Waals surface area (Å²) in [4.78, 5) is 32.8. The summed E-state index contributed by atoms with van der Waals surface area (Å²) in [5.74, 6) is 1.22. The smallest absolute Gasteiger partial charge is 0.276 e. The molecule has 8 nitrogen and oxygen atoms in total. The molecule has 1 aliphatic heterocycles. The van der Waals surface area contributed by atoms with Crippen molar-refractivity contribution in [2.45, 2.75) is 70.6 Å². The molecule has 0 radical (unpaired) electrons. The first kappa shape index (κ1) is 28.5. The fourth-order valence-electron chi connectivity index (χ4n) is 6.28. The maximum Gasteiger partial charge on any atom is 0.276 e. The number of thiophene rings is 1. The number of rotatable bonds is 10. The SMILES string of the molecule is Cc1cc(C(=O)N2CCC(N(Cc3ccccc3)Cc3cccs3)C[C@@H]2C(=O)NCC2CCCC(CN)C2)no1. The van der Waals surface area contributed by atoms with Crippen LogP contribution in [0.1, 0.15) is 65.2 Å². The molecule has 3 unspecified atom stereocenters. The summed E-state index contributed by atoms with van der Waals surface area (Å²) in [5.41, 5.74) is 7.44. The standard InChI is InChI=1S/C31H41N5O3S/c1-22-15-28(34-39-22)31(38)36-13-12-26(17-29(36)30(37)33-19-25-10-5-9-24(16-25)18-32)35(21-27-11-6-14-40-27)20-23-7-3-2-4-8-23/h2-4,6-8,11,14-15,24-26,29H,5,9-10,12-13,16-21,32H2,1H3,(H,33,37)/t24?,25?,26?,29-/m1/s1. The fraction of sp³-hybridized carbons (Fsp3) is 0.516. The number of nitrogens with zero attached hydrogens (tertiary/aromatic N) is 3. The fourth-order valence-corrected chi connectivity index (χ4v) is 7.01. The Balaban J connectivity index is 1.34. The Bertz CT molecular complexity index is 1230. The third-order valence-corrected chi connectivity index (χ3v) is 9.32. The number of nitrogens with one attached hydrogen (secondary N) is 1. The van der Waals surface area contributed by atoms with Gasteiger partial charge in [0.2, 0.25) is 5.91 Å². The van der Waals surface area contributed by atoms with Crippen molar-refractivity contribution in [1.82, 2.24) is 20.3 Å². The highest BCUT2D eigenvalue weighted by Gasteiger charge is 2.39. The van der Waals surface area contributed by atoms with Gasteiger partial charge < -0.3 is 20.5 Å². The zero-order valence-corrected chi connectivity index (χ0v) is 24.2. The number of aromatic nitrogens is 1. The lowest BCUT2D eigenvalue weighted by Crippen LogP contribution is -2.57.